The molecule has 1 heterocycles. The van der Waals surface area contributed by atoms with Gasteiger partial charge in [-0.2, -0.15) is 5.10 Å². The van der Waals surface area contributed by atoms with Crippen molar-refractivity contribution in [3.05, 3.63) is 72.1 Å². The van der Waals surface area contributed by atoms with Crippen LogP contribution in [0.5, 0.6) is 11.5 Å². The maximum atomic E-state index is 5.64. The first-order valence-corrected chi connectivity index (χ1v) is 10.1. The zero-order valence-electron chi connectivity index (χ0n) is 17.8. The highest BCUT2D eigenvalue weighted by Gasteiger charge is 2.06. The Morgan fingerprint density at radius 3 is 2.53 bits per heavy atom. The molecule has 0 aliphatic carbocycles. The van der Waals surface area contributed by atoms with E-state index in [1.165, 1.54) is 5.56 Å². The minimum absolute atomic E-state index is 0.597. The summed E-state index contributed by atoms with van der Waals surface area (Å²) < 4.78 is 12.8. The van der Waals surface area contributed by atoms with Gasteiger partial charge in [-0.15, -0.1) is 0 Å². The minimum atomic E-state index is 0.597. The van der Waals surface area contributed by atoms with Crippen molar-refractivity contribution in [1.82, 2.24) is 20.4 Å². The number of methoxy groups -OCH3 is 1. The second kappa shape index (κ2) is 10.9. The molecule has 0 spiro atoms. The fourth-order valence-corrected chi connectivity index (χ4v) is 3.07. The number of aliphatic imine (C=N–C) groups is 1. The lowest BCUT2D eigenvalue weighted by Gasteiger charge is -2.14. The highest BCUT2D eigenvalue weighted by molar-refractivity contribution is 5.79. The average Bonchev–Trinajstić information content (AvgIpc) is 3.32. The Morgan fingerprint density at radius 2 is 1.87 bits per heavy atom. The SMILES string of the molecule is CCOc1cc(CNC(=NC)NCCc2ccc(-n3cccn3)cc2)ccc1OC. The summed E-state index contributed by atoms with van der Waals surface area (Å²) in [6, 6.07) is 16.3. The van der Waals surface area contributed by atoms with Crippen LogP contribution in [0.4, 0.5) is 0 Å². The fraction of sp³-hybridized carbons (Fsp3) is 0.304. The topological polar surface area (TPSA) is 72.7 Å². The van der Waals surface area contributed by atoms with Crippen molar-refractivity contribution in [3.63, 3.8) is 0 Å². The Bertz CT molecular complexity index is 937. The number of hydrogen-bond donors (Lipinski definition) is 2. The first-order chi connectivity index (χ1) is 14.7. The Kier molecular flexibility index (Phi) is 7.71. The van der Waals surface area contributed by atoms with E-state index in [2.05, 4.69) is 45.0 Å². The van der Waals surface area contributed by atoms with Gasteiger partial charge in [-0.3, -0.25) is 4.99 Å². The maximum absolute atomic E-state index is 5.64. The molecule has 2 N–H and O–H groups in total. The van der Waals surface area contributed by atoms with Crippen molar-refractivity contribution >= 4 is 5.96 Å². The molecule has 158 valence electrons. The van der Waals surface area contributed by atoms with Crippen LogP contribution in [-0.2, 0) is 13.0 Å². The largest absolute Gasteiger partial charge is 0.493 e. The molecule has 0 radical (unpaired) electrons. The molecule has 0 aliphatic heterocycles. The van der Waals surface area contributed by atoms with E-state index in [9.17, 15) is 0 Å². The number of guanidine groups is 1. The van der Waals surface area contributed by atoms with Gasteiger partial charge in [-0.05, 0) is 54.8 Å². The molecule has 0 amide bonds. The predicted molar refractivity (Wildman–Crippen MR) is 120 cm³/mol. The molecule has 0 bridgehead atoms. The van der Waals surface area contributed by atoms with Crippen molar-refractivity contribution < 1.29 is 9.47 Å². The van der Waals surface area contributed by atoms with Crippen LogP contribution in [0, 0.1) is 0 Å². The third kappa shape index (κ3) is 5.76. The number of aromatic nitrogens is 2. The third-order valence-electron chi connectivity index (χ3n) is 4.62. The Hall–Kier alpha value is -3.48. The molecule has 1 aromatic heterocycles. The molecule has 7 heteroatoms. The van der Waals surface area contributed by atoms with Gasteiger partial charge in [0.15, 0.2) is 17.5 Å². The second-order valence-corrected chi connectivity index (χ2v) is 6.64. The van der Waals surface area contributed by atoms with Gasteiger partial charge in [-0.25, -0.2) is 4.68 Å². The van der Waals surface area contributed by atoms with Crippen molar-refractivity contribution in [1.29, 1.82) is 0 Å². The van der Waals surface area contributed by atoms with Gasteiger partial charge in [0, 0.05) is 32.5 Å². The van der Waals surface area contributed by atoms with Crippen LogP contribution in [0.3, 0.4) is 0 Å². The highest BCUT2D eigenvalue weighted by atomic mass is 16.5. The molecule has 0 fully saturated rings. The lowest BCUT2D eigenvalue weighted by Crippen LogP contribution is -2.37. The van der Waals surface area contributed by atoms with Crippen LogP contribution in [-0.4, -0.2) is 43.0 Å². The normalized spacial score (nSPS) is 11.2. The molecule has 3 aromatic rings. The van der Waals surface area contributed by atoms with Gasteiger partial charge in [-0.1, -0.05) is 18.2 Å². The number of nitrogens with one attached hydrogen (secondary N) is 2. The monoisotopic (exact) mass is 407 g/mol. The smallest absolute Gasteiger partial charge is 0.191 e. The molecular formula is C23H29N5O2. The summed E-state index contributed by atoms with van der Waals surface area (Å²) in [6.07, 6.45) is 4.61. The molecule has 2 aromatic carbocycles. The highest BCUT2D eigenvalue weighted by Crippen LogP contribution is 2.27. The van der Waals surface area contributed by atoms with E-state index in [0.717, 1.165) is 41.7 Å². The molecule has 7 nitrogen and oxygen atoms in total. The quantitative estimate of drug-likeness (QED) is 0.421. The number of benzene rings is 2. The van der Waals surface area contributed by atoms with Gasteiger partial charge >= 0.3 is 0 Å². The second-order valence-electron chi connectivity index (χ2n) is 6.64. The Balaban J connectivity index is 1.47. The number of rotatable bonds is 9. The number of nitrogens with zero attached hydrogens (tertiary/aromatic N) is 3. The van der Waals surface area contributed by atoms with Crippen LogP contribution < -0.4 is 20.1 Å². The summed E-state index contributed by atoms with van der Waals surface area (Å²) in [4.78, 5) is 4.30. The average molecular weight is 408 g/mol. The maximum Gasteiger partial charge on any atom is 0.191 e. The molecule has 0 saturated carbocycles. The zero-order chi connectivity index (χ0) is 21.2. The van der Waals surface area contributed by atoms with Crippen LogP contribution in [0.1, 0.15) is 18.1 Å². The van der Waals surface area contributed by atoms with E-state index in [1.807, 2.05) is 42.1 Å². The van der Waals surface area contributed by atoms with E-state index < -0.39 is 0 Å². The van der Waals surface area contributed by atoms with E-state index in [-0.39, 0.29) is 0 Å². The Labute approximate surface area is 177 Å². The zero-order valence-corrected chi connectivity index (χ0v) is 17.8. The summed E-state index contributed by atoms with van der Waals surface area (Å²) in [5.74, 6) is 2.25. The first-order valence-electron chi connectivity index (χ1n) is 10.1. The van der Waals surface area contributed by atoms with Crippen molar-refractivity contribution in [2.75, 3.05) is 27.3 Å². The van der Waals surface area contributed by atoms with Crippen molar-refractivity contribution in [2.24, 2.45) is 4.99 Å². The molecule has 30 heavy (non-hydrogen) atoms. The van der Waals surface area contributed by atoms with Crippen molar-refractivity contribution in [2.45, 2.75) is 19.9 Å². The van der Waals surface area contributed by atoms with Gasteiger partial charge in [0.25, 0.3) is 0 Å². The van der Waals surface area contributed by atoms with E-state index >= 15 is 0 Å². The van der Waals surface area contributed by atoms with E-state index in [0.29, 0.717) is 13.2 Å². The van der Waals surface area contributed by atoms with E-state index in [4.69, 9.17) is 9.47 Å². The molecule has 0 aliphatic rings. The first kappa shape index (κ1) is 21.2. The number of hydrogen-bond acceptors (Lipinski definition) is 4. The summed E-state index contributed by atoms with van der Waals surface area (Å²) >= 11 is 0. The molecular weight excluding hydrogens is 378 g/mol. The molecule has 0 unspecified atom stereocenters. The van der Waals surface area contributed by atoms with Crippen LogP contribution >= 0.6 is 0 Å². The summed E-state index contributed by atoms with van der Waals surface area (Å²) in [5, 5.41) is 10.9. The standard InChI is InChI=1S/C23H29N5O2/c1-4-30-22-16-19(8-11-21(22)29-3)17-26-23(24-2)25-14-12-18-6-9-20(10-7-18)28-15-5-13-27-28/h5-11,13,15-16H,4,12,14,17H2,1-3H3,(H2,24,25,26). The van der Waals surface area contributed by atoms with E-state index in [1.54, 1.807) is 20.4 Å². The summed E-state index contributed by atoms with van der Waals surface area (Å²) in [7, 11) is 3.42. The van der Waals surface area contributed by atoms with Crippen LogP contribution in [0.15, 0.2) is 65.9 Å². The molecule has 0 saturated heterocycles. The van der Waals surface area contributed by atoms with Crippen LogP contribution in [0.25, 0.3) is 5.69 Å². The summed E-state index contributed by atoms with van der Waals surface area (Å²) in [6.45, 7) is 3.98. The van der Waals surface area contributed by atoms with Gasteiger partial charge in [0.2, 0.25) is 0 Å². The summed E-state index contributed by atoms with van der Waals surface area (Å²) in [5.41, 5.74) is 3.40. The lowest BCUT2D eigenvalue weighted by atomic mass is 10.1. The minimum Gasteiger partial charge on any atom is -0.493 e. The van der Waals surface area contributed by atoms with Gasteiger partial charge in [0.05, 0.1) is 19.4 Å². The third-order valence-corrected chi connectivity index (χ3v) is 4.62. The van der Waals surface area contributed by atoms with Gasteiger partial charge in [0.1, 0.15) is 0 Å². The van der Waals surface area contributed by atoms with Crippen molar-refractivity contribution in [3.8, 4) is 17.2 Å². The van der Waals surface area contributed by atoms with Gasteiger partial charge < -0.3 is 20.1 Å². The fourth-order valence-electron chi connectivity index (χ4n) is 3.07. The Morgan fingerprint density at radius 1 is 1.07 bits per heavy atom. The lowest BCUT2D eigenvalue weighted by molar-refractivity contribution is 0.310. The molecule has 3 rings (SSSR count). The number of ether oxygens (including phenoxy) is 2. The predicted octanol–water partition coefficient (Wildman–Crippen LogP) is 3.19. The molecule has 0 atom stereocenters. The van der Waals surface area contributed by atoms with Crippen LogP contribution in [0.2, 0.25) is 0 Å².